The normalized spacial score (nSPS) is 13.9. The van der Waals surface area contributed by atoms with Gasteiger partial charge in [-0.1, -0.05) is 175 Å². The van der Waals surface area contributed by atoms with Crippen LogP contribution in [0.2, 0.25) is 0 Å². The number of carbonyl (C=O) groups excluding carboxylic acids is 3. The molecule has 0 rings (SSSR count). The number of carboxylic acid groups (broad SMARTS) is 1. The Morgan fingerprint density at radius 3 is 1.30 bits per heavy atom. The van der Waals surface area contributed by atoms with Gasteiger partial charge in [-0.2, -0.15) is 0 Å². The number of allylic oxidation sites excluding steroid dienone is 18. The van der Waals surface area contributed by atoms with Crippen molar-refractivity contribution in [2.45, 2.75) is 180 Å². The summed E-state index contributed by atoms with van der Waals surface area (Å²) in [5, 5.41) is 11.7. The number of quaternary nitrogens is 1. The largest absolute Gasteiger partial charge is 0.544 e. The zero-order valence-corrected chi connectivity index (χ0v) is 40.4. The molecule has 2 atom stereocenters. The molecular weight excluding hydrogens is 787 g/mol. The molecule has 0 amide bonds. The lowest BCUT2D eigenvalue weighted by molar-refractivity contribution is -0.889. The van der Waals surface area contributed by atoms with Gasteiger partial charge in [0.25, 0.3) is 0 Å². The van der Waals surface area contributed by atoms with Crippen LogP contribution in [0.5, 0.6) is 0 Å². The number of likely N-dealkylation sites (N-methyl/N-ethyl adjacent to an activating group) is 1. The van der Waals surface area contributed by atoms with Gasteiger partial charge in [0.2, 0.25) is 0 Å². The molecule has 63 heavy (non-hydrogen) atoms. The minimum absolute atomic E-state index is 0.00874. The van der Waals surface area contributed by atoms with Crippen molar-refractivity contribution < 1.29 is 38.2 Å². The average Bonchev–Trinajstić information content (AvgIpc) is 3.24. The van der Waals surface area contributed by atoms with Gasteiger partial charge in [-0.15, -0.1) is 0 Å². The molecule has 8 nitrogen and oxygen atoms in total. The van der Waals surface area contributed by atoms with Gasteiger partial charge in [0.1, 0.15) is 12.6 Å². The van der Waals surface area contributed by atoms with Crippen molar-refractivity contribution in [3.63, 3.8) is 0 Å². The van der Waals surface area contributed by atoms with E-state index >= 15 is 0 Å². The van der Waals surface area contributed by atoms with Gasteiger partial charge in [0.15, 0.2) is 6.10 Å². The molecule has 0 fully saturated rings. The molecule has 0 aliphatic heterocycles. The third-order valence-corrected chi connectivity index (χ3v) is 10.2. The van der Waals surface area contributed by atoms with E-state index in [1.54, 1.807) is 21.1 Å². The Morgan fingerprint density at radius 1 is 0.476 bits per heavy atom. The Morgan fingerprint density at radius 2 is 0.873 bits per heavy atom. The Balaban J connectivity index is 4.41. The fourth-order valence-electron chi connectivity index (χ4n) is 6.46. The van der Waals surface area contributed by atoms with E-state index < -0.39 is 18.1 Å². The van der Waals surface area contributed by atoms with E-state index in [9.17, 15) is 19.5 Å². The Hall–Kier alpha value is -4.01. The quantitative estimate of drug-likeness (QED) is 0.0260. The first-order valence-electron chi connectivity index (χ1n) is 24.4. The van der Waals surface area contributed by atoms with Gasteiger partial charge in [-0.05, 0) is 83.5 Å². The van der Waals surface area contributed by atoms with Crippen molar-refractivity contribution in [1.29, 1.82) is 0 Å². The SMILES string of the molecule is CC/C=C/C/C=C/C/C=C/C/C=C/C/C=C/C/C=C/CCC(=O)OCC(COCCC(C(=O)[O-])[N+](C)(C)C)OC(=O)CCCCCCCCCCCC/C=C/C/C=C/C/C=C/CC. The number of carbonyl (C=O) groups is 3. The predicted octanol–water partition coefficient (Wildman–Crippen LogP) is 12.7. The lowest BCUT2D eigenvalue weighted by atomic mass is 10.0. The number of aliphatic carboxylic acids is 1. The molecule has 0 spiro atoms. The first-order chi connectivity index (χ1) is 30.6. The van der Waals surface area contributed by atoms with E-state index in [1.165, 1.54) is 51.4 Å². The van der Waals surface area contributed by atoms with Crippen LogP contribution in [0.4, 0.5) is 0 Å². The summed E-state index contributed by atoms with van der Waals surface area (Å²) < 4.78 is 17.1. The molecule has 8 heteroatoms. The third-order valence-electron chi connectivity index (χ3n) is 10.2. The zero-order chi connectivity index (χ0) is 46.3. The van der Waals surface area contributed by atoms with Crippen molar-refractivity contribution in [3.8, 4) is 0 Å². The van der Waals surface area contributed by atoms with Crippen LogP contribution in [0.3, 0.4) is 0 Å². The van der Waals surface area contributed by atoms with E-state index in [-0.39, 0.29) is 49.1 Å². The Kier molecular flexibility index (Phi) is 41.8. The van der Waals surface area contributed by atoms with Crippen LogP contribution in [-0.4, -0.2) is 75.5 Å². The second-order valence-electron chi connectivity index (χ2n) is 16.9. The molecule has 0 bridgehead atoms. The summed E-state index contributed by atoms with van der Waals surface area (Å²) >= 11 is 0. The van der Waals surface area contributed by atoms with Crippen molar-refractivity contribution in [1.82, 2.24) is 0 Å². The minimum atomic E-state index is -1.14. The highest BCUT2D eigenvalue weighted by Crippen LogP contribution is 2.14. The molecule has 0 saturated heterocycles. The number of hydrogen-bond donors (Lipinski definition) is 0. The molecule has 0 aromatic heterocycles. The lowest BCUT2D eigenvalue weighted by Gasteiger charge is -2.34. The number of carboxylic acids is 1. The summed E-state index contributed by atoms with van der Waals surface area (Å²) in [6.45, 7) is 4.34. The third kappa shape index (κ3) is 43.0. The van der Waals surface area contributed by atoms with Crippen LogP contribution in [0, 0.1) is 0 Å². The van der Waals surface area contributed by atoms with Crippen molar-refractivity contribution in [3.05, 3.63) is 109 Å². The predicted molar refractivity (Wildman–Crippen MR) is 263 cm³/mol. The zero-order valence-electron chi connectivity index (χ0n) is 40.4. The van der Waals surface area contributed by atoms with Gasteiger partial charge >= 0.3 is 11.9 Å². The van der Waals surface area contributed by atoms with Gasteiger partial charge < -0.3 is 28.6 Å². The van der Waals surface area contributed by atoms with Crippen LogP contribution in [0.1, 0.15) is 168 Å². The smallest absolute Gasteiger partial charge is 0.306 e. The molecule has 0 saturated carbocycles. The fourth-order valence-corrected chi connectivity index (χ4v) is 6.46. The van der Waals surface area contributed by atoms with Crippen LogP contribution >= 0.6 is 0 Å². The van der Waals surface area contributed by atoms with Crippen molar-refractivity contribution in [2.75, 3.05) is 41.0 Å². The van der Waals surface area contributed by atoms with Crippen LogP contribution in [-0.2, 0) is 28.6 Å². The molecule has 0 aliphatic rings. The Labute approximate surface area is 385 Å². The van der Waals surface area contributed by atoms with Crippen molar-refractivity contribution in [2.24, 2.45) is 0 Å². The van der Waals surface area contributed by atoms with Crippen LogP contribution in [0.25, 0.3) is 0 Å². The van der Waals surface area contributed by atoms with E-state index in [1.807, 2.05) is 12.2 Å². The highest BCUT2D eigenvalue weighted by Gasteiger charge is 2.25. The average molecular weight is 876 g/mol. The number of nitrogens with zero attached hydrogens (tertiary/aromatic N) is 1. The molecule has 356 valence electrons. The van der Waals surface area contributed by atoms with Crippen LogP contribution < -0.4 is 5.11 Å². The molecule has 0 radical (unpaired) electrons. The maximum Gasteiger partial charge on any atom is 0.306 e. The van der Waals surface area contributed by atoms with E-state index in [2.05, 4.69) is 111 Å². The van der Waals surface area contributed by atoms with E-state index in [0.717, 1.165) is 77.0 Å². The maximum atomic E-state index is 12.8. The van der Waals surface area contributed by atoms with Crippen LogP contribution in [0.15, 0.2) is 109 Å². The Bertz CT molecular complexity index is 1390. The van der Waals surface area contributed by atoms with Gasteiger partial charge in [0.05, 0.1) is 40.3 Å². The number of rotatable bonds is 42. The summed E-state index contributed by atoms with van der Waals surface area (Å²) in [6, 6.07) is -0.744. The molecular formula is C55H89NO7. The van der Waals surface area contributed by atoms with Crippen molar-refractivity contribution >= 4 is 17.9 Å². The van der Waals surface area contributed by atoms with E-state index in [4.69, 9.17) is 14.2 Å². The van der Waals surface area contributed by atoms with Gasteiger partial charge in [0, 0.05) is 19.3 Å². The number of unbranched alkanes of at least 4 members (excludes halogenated alkanes) is 10. The standard InChI is InChI=1S/C55H89NO7/c1-6-8-10-12-14-16-18-20-22-24-26-28-30-32-34-36-38-40-42-44-46-54(58)63-51(49-61-48-47-52(55(59)60)56(3,4)5)50-62-53(57)45-43-41-39-37-35-33-31-29-27-25-23-21-19-17-15-13-11-9-7-2/h8-11,14-17,20-23,27,29,33,35,39,41,51-52H,6-7,12-13,18-19,24-26,28,30-32,34,36-38,40,42-50H2,1-5H3/b10-8+,11-9+,16-14+,17-15+,22-20+,23-21+,29-27+,35-33+,41-39+. The second kappa shape index (κ2) is 44.6. The monoisotopic (exact) mass is 876 g/mol. The topological polar surface area (TPSA) is 102 Å². The number of ether oxygens (including phenoxy) is 3. The lowest BCUT2D eigenvalue weighted by Crippen LogP contribution is -2.55. The first-order valence-corrected chi connectivity index (χ1v) is 24.4. The fraction of sp³-hybridized carbons (Fsp3) is 0.618. The highest BCUT2D eigenvalue weighted by molar-refractivity contribution is 5.70. The molecule has 0 heterocycles. The van der Waals surface area contributed by atoms with Gasteiger partial charge in [-0.25, -0.2) is 0 Å². The minimum Gasteiger partial charge on any atom is -0.544 e. The first kappa shape index (κ1) is 59.0. The molecule has 0 aromatic rings. The molecule has 2 unspecified atom stereocenters. The summed E-state index contributed by atoms with van der Waals surface area (Å²) in [5.74, 6) is -1.86. The summed E-state index contributed by atoms with van der Waals surface area (Å²) in [5.41, 5.74) is 0. The second-order valence-corrected chi connectivity index (χ2v) is 16.9. The van der Waals surface area contributed by atoms with Gasteiger partial charge in [-0.3, -0.25) is 9.59 Å². The summed E-state index contributed by atoms with van der Waals surface area (Å²) in [6.07, 6.45) is 61.3. The molecule has 0 aromatic carbocycles. The molecule has 0 N–H and O–H groups in total. The summed E-state index contributed by atoms with van der Waals surface area (Å²) in [7, 11) is 5.38. The van der Waals surface area contributed by atoms with E-state index in [0.29, 0.717) is 12.8 Å². The number of hydrogen-bond acceptors (Lipinski definition) is 7. The molecule has 0 aliphatic carbocycles. The highest BCUT2D eigenvalue weighted by atomic mass is 16.6. The number of esters is 2. The summed E-state index contributed by atoms with van der Waals surface area (Å²) in [4.78, 5) is 37.0. The maximum absolute atomic E-state index is 12.8.